The Morgan fingerprint density at radius 3 is 2.70 bits per heavy atom. The van der Waals surface area contributed by atoms with Crippen LogP contribution in [0.15, 0.2) is 29.4 Å². The van der Waals surface area contributed by atoms with E-state index in [9.17, 15) is 4.79 Å². The molecule has 1 heterocycles. The van der Waals surface area contributed by atoms with Crippen LogP contribution in [-0.4, -0.2) is 32.5 Å². The van der Waals surface area contributed by atoms with Crippen molar-refractivity contribution in [1.82, 2.24) is 20.1 Å². The Hall–Kier alpha value is -1.73. The van der Waals surface area contributed by atoms with Gasteiger partial charge < -0.3 is 14.6 Å². The van der Waals surface area contributed by atoms with Gasteiger partial charge in [-0.15, -0.1) is 10.2 Å². The minimum absolute atomic E-state index is 0.0213. The van der Waals surface area contributed by atoms with Crippen LogP contribution in [0.3, 0.4) is 0 Å². The maximum Gasteiger partial charge on any atom is 0.230 e. The molecule has 124 valence electrons. The molecule has 0 aliphatic heterocycles. The second-order valence-corrected chi connectivity index (χ2v) is 6.59. The summed E-state index contributed by atoms with van der Waals surface area (Å²) in [6, 6.07) is 7.26. The third kappa shape index (κ3) is 5.44. The molecule has 23 heavy (non-hydrogen) atoms. The number of rotatable bonds is 7. The summed E-state index contributed by atoms with van der Waals surface area (Å²) in [4.78, 5) is 11.7. The van der Waals surface area contributed by atoms with E-state index < -0.39 is 0 Å². The zero-order valence-electron chi connectivity index (χ0n) is 13.2. The second-order valence-electron chi connectivity index (χ2n) is 5.21. The van der Waals surface area contributed by atoms with Gasteiger partial charge in [0.1, 0.15) is 12.4 Å². The summed E-state index contributed by atoms with van der Waals surface area (Å²) in [7, 11) is 1.85. The quantitative estimate of drug-likeness (QED) is 0.774. The highest BCUT2D eigenvalue weighted by Crippen LogP contribution is 2.18. The van der Waals surface area contributed by atoms with Crippen molar-refractivity contribution in [3.63, 3.8) is 0 Å². The standard InChI is InChI=1S/C15H19ClN4O2S/c1-10(2)17-14(21)9-23-15-19-18-13(20(15)3)8-22-12-6-4-11(16)5-7-12/h4-7,10H,8-9H2,1-3H3,(H,17,21). The van der Waals surface area contributed by atoms with E-state index in [1.807, 2.05) is 25.5 Å². The third-order valence-corrected chi connectivity index (χ3v) is 4.16. The Bertz CT molecular complexity index is 658. The fraction of sp³-hybridized carbons (Fsp3) is 0.400. The van der Waals surface area contributed by atoms with Crippen LogP contribution in [0.1, 0.15) is 19.7 Å². The van der Waals surface area contributed by atoms with Crippen LogP contribution >= 0.6 is 23.4 Å². The first kappa shape index (κ1) is 17.6. The lowest BCUT2D eigenvalue weighted by atomic mass is 10.3. The summed E-state index contributed by atoms with van der Waals surface area (Å²) in [5, 5.41) is 12.4. The van der Waals surface area contributed by atoms with Gasteiger partial charge in [0.05, 0.1) is 5.75 Å². The Balaban J connectivity index is 1.88. The predicted molar refractivity (Wildman–Crippen MR) is 90.8 cm³/mol. The zero-order chi connectivity index (χ0) is 16.8. The van der Waals surface area contributed by atoms with Gasteiger partial charge in [-0.3, -0.25) is 4.79 Å². The van der Waals surface area contributed by atoms with E-state index in [-0.39, 0.29) is 11.9 Å². The number of hydrogen-bond donors (Lipinski definition) is 1. The van der Waals surface area contributed by atoms with Gasteiger partial charge in [0.15, 0.2) is 11.0 Å². The first-order valence-corrected chi connectivity index (χ1v) is 8.51. The molecular weight excluding hydrogens is 336 g/mol. The lowest BCUT2D eigenvalue weighted by molar-refractivity contribution is -0.119. The summed E-state index contributed by atoms with van der Waals surface area (Å²) >= 11 is 7.18. The van der Waals surface area contributed by atoms with Crippen molar-refractivity contribution in [2.45, 2.75) is 31.7 Å². The third-order valence-electron chi connectivity index (χ3n) is 2.89. The number of halogens is 1. The molecule has 0 fully saturated rings. The molecule has 1 amide bonds. The molecule has 0 saturated heterocycles. The monoisotopic (exact) mass is 354 g/mol. The summed E-state index contributed by atoms with van der Waals surface area (Å²) in [6.45, 7) is 4.15. The Kier molecular flexibility index (Phi) is 6.29. The number of aromatic nitrogens is 3. The fourth-order valence-corrected chi connectivity index (χ4v) is 2.64. The summed E-state index contributed by atoms with van der Waals surface area (Å²) in [5.41, 5.74) is 0. The molecule has 2 rings (SSSR count). The molecule has 0 saturated carbocycles. The molecule has 0 aliphatic carbocycles. The molecule has 1 aromatic carbocycles. The average molecular weight is 355 g/mol. The number of nitrogens with zero attached hydrogens (tertiary/aromatic N) is 3. The molecule has 0 spiro atoms. The predicted octanol–water partition coefficient (Wildman–Crippen LogP) is 2.66. The summed E-state index contributed by atoms with van der Waals surface area (Å²) in [6.07, 6.45) is 0. The van der Waals surface area contributed by atoms with Gasteiger partial charge >= 0.3 is 0 Å². The highest BCUT2D eigenvalue weighted by Gasteiger charge is 2.12. The Morgan fingerprint density at radius 1 is 1.35 bits per heavy atom. The van der Waals surface area contributed by atoms with Gasteiger partial charge in [0.2, 0.25) is 5.91 Å². The van der Waals surface area contributed by atoms with Crippen molar-refractivity contribution >= 4 is 29.3 Å². The number of amides is 1. The van der Waals surface area contributed by atoms with E-state index in [4.69, 9.17) is 16.3 Å². The molecule has 6 nitrogen and oxygen atoms in total. The van der Waals surface area contributed by atoms with E-state index in [1.54, 1.807) is 24.3 Å². The van der Waals surface area contributed by atoms with Crippen LogP contribution in [0.5, 0.6) is 5.75 Å². The maximum absolute atomic E-state index is 11.7. The van der Waals surface area contributed by atoms with E-state index in [1.165, 1.54) is 11.8 Å². The van der Waals surface area contributed by atoms with Crippen molar-refractivity contribution < 1.29 is 9.53 Å². The van der Waals surface area contributed by atoms with Crippen molar-refractivity contribution in [2.75, 3.05) is 5.75 Å². The maximum atomic E-state index is 11.7. The largest absolute Gasteiger partial charge is 0.486 e. The van der Waals surface area contributed by atoms with Crippen LogP contribution in [0.4, 0.5) is 0 Å². The van der Waals surface area contributed by atoms with Crippen molar-refractivity contribution in [2.24, 2.45) is 7.05 Å². The zero-order valence-corrected chi connectivity index (χ0v) is 14.8. The Labute approximate surface area is 144 Å². The number of carbonyl (C=O) groups is 1. The van der Waals surface area contributed by atoms with Gasteiger partial charge in [-0.1, -0.05) is 23.4 Å². The van der Waals surface area contributed by atoms with Crippen molar-refractivity contribution in [3.8, 4) is 5.75 Å². The number of ether oxygens (including phenoxy) is 1. The molecule has 0 radical (unpaired) electrons. The summed E-state index contributed by atoms with van der Waals surface area (Å²) < 4.78 is 7.47. The molecule has 0 bridgehead atoms. The van der Waals surface area contributed by atoms with Gasteiger partial charge in [0, 0.05) is 18.1 Å². The van der Waals surface area contributed by atoms with Crippen LogP contribution in [0.25, 0.3) is 0 Å². The number of carbonyl (C=O) groups excluding carboxylic acids is 1. The van der Waals surface area contributed by atoms with Crippen LogP contribution < -0.4 is 10.1 Å². The normalized spacial score (nSPS) is 10.8. The number of thioether (sulfide) groups is 1. The molecule has 1 aromatic heterocycles. The molecule has 8 heteroatoms. The van der Waals surface area contributed by atoms with E-state index in [2.05, 4.69) is 15.5 Å². The second kappa shape index (κ2) is 8.21. The number of hydrogen-bond acceptors (Lipinski definition) is 5. The first-order valence-electron chi connectivity index (χ1n) is 7.14. The van der Waals surface area contributed by atoms with E-state index in [0.29, 0.717) is 34.1 Å². The molecule has 1 N–H and O–H groups in total. The molecule has 2 aromatic rings. The van der Waals surface area contributed by atoms with Gasteiger partial charge in [0.25, 0.3) is 0 Å². The lowest BCUT2D eigenvalue weighted by Crippen LogP contribution is -2.31. The van der Waals surface area contributed by atoms with Crippen molar-refractivity contribution in [3.05, 3.63) is 35.1 Å². The van der Waals surface area contributed by atoms with Crippen LogP contribution in [0.2, 0.25) is 5.02 Å². The minimum atomic E-state index is -0.0213. The highest BCUT2D eigenvalue weighted by atomic mass is 35.5. The highest BCUT2D eigenvalue weighted by molar-refractivity contribution is 7.99. The lowest BCUT2D eigenvalue weighted by Gasteiger charge is -2.08. The van der Waals surface area contributed by atoms with Crippen molar-refractivity contribution in [1.29, 1.82) is 0 Å². The average Bonchev–Trinajstić information content (AvgIpc) is 2.84. The van der Waals surface area contributed by atoms with Gasteiger partial charge in [-0.05, 0) is 38.1 Å². The molecule has 0 atom stereocenters. The van der Waals surface area contributed by atoms with E-state index in [0.717, 1.165) is 0 Å². The van der Waals surface area contributed by atoms with E-state index >= 15 is 0 Å². The molecular formula is C15H19ClN4O2S. The van der Waals surface area contributed by atoms with Gasteiger partial charge in [-0.2, -0.15) is 0 Å². The summed E-state index contributed by atoms with van der Waals surface area (Å²) in [5.74, 6) is 1.68. The fourth-order valence-electron chi connectivity index (χ4n) is 1.77. The molecule has 0 unspecified atom stereocenters. The number of nitrogens with one attached hydrogen (secondary N) is 1. The van der Waals surface area contributed by atoms with Crippen LogP contribution in [-0.2, 0) is 18.4 Å². The van der Waals surface area contributed by atoms with Crippen LogP contribution in [0, 0.1) is 0 Å². The first-order chi connectivity index (χ1) is 11.0. The SMILES string of the molecule is CC(C)NC(=O)CSc1nnc(COc2ccc(Cl)cc2)n1C. The minimum Gasteiger partial charge on any atom is -0.486 e. The number of benzene rings is 1. The van der Waals surface area contributed by atoms with Gasteiger partial charge in [-0.25, -0.2) is 0 Å². The molecule has 0 aliphatic rings. The smallest absolute Gasteiger partial charge is 0.230 e. The topological polar surface area (TPSA) is 69.0 Å². The Morgan fingerprint density at radius 2 is 2.04 bits per heavy atom.